The number of anilines is 1. The topological polar surface area (TPSA) is 105 Å². The second-order valence-corrected chi connectivity index (χ2v) is 7.70. The summed E-state index contributed by atoms with van der Waals surface area (Å²) in [5.41, 5.74) is 1.74. The number of aromatic nitrogens is 3. The number of nitrogens with zero attached hydrogens (tertiary/aromatic N) is 2. The van der Waals surface area contributed by atoms with Crippen LogP contribution in [0.25, 0.3) is 22.2 Å². The van der Waals surface area contributed by atoms with Gasteiger partial charge in [-0.3, -0.25) is 14.4 Å². The van der Waals surface area contributed by atoms with Gasteiger partial charge < -0.3 is 10.3 Å². The zero-order chi connectivity index (χ0) is 21.1. The fraction of sp³-hybridized carbons (Fsp3) is 0.136. The molecule has 0 saturated heterocycles. The van der Waals surface area contributed by atoms with E-state index >= 15 is 0 Å². The van der Waals surface area contributed by atoms with Crippen molar-refractivity contribution in [1.82, 2.24) is 15.0 Å². The predicted octanol–water partition coefficient (Wildman–Crippen LogP) is 3.82. The molecule has 2 aromatic carbocycles. The number of aromatic amines is 1. The highest BCUT2D eigenvalue weighted by Crippen LogP contribution is 2.31. The summed E-state index contributed by atoms with van der Waals surface area (Å²) in [5.74, 6) is 0.0708. The van der Waals surface area contributed by atoms with Crippen molar-refractivity contribution in [3.8, 4) is 11.3 Å². The summed E-state index contributed by atoms with van der Waals surface area (Å²) in [6, 6.07) is 16.4. The molecule has 0 radical (unpaired) electrons. The van der Waals surface area contributed by atoms with Gasteiger partial charge in [0.25, 0.3) is 5.56 Å². The molecule has 2 heterocycles. The Morgan fingerprint density at radius 1 is 1.03 bits per heavy atom. The van der Waals surface area contributed by atoms with Crippen LogP contribution in [-0.4, -0.2) is 26.6 Å². The van der Waals surface area contributed by atoms with E-state index in [-0.39, 0.29) is 30.1 Å². The number of benzene rings is 2. The number of aryl methyl sites for hydroxylation is 1. The summed E-state index contributed by atoms with van der Waals surface area (Å²) in [5, 5.41) is 3.62. The minimum atomic E-state index is -0.269. The molecule has 0 spiro atoms. The number of fused-ring (bicyclic) bond motifs is 1. The van der Waals surface area contributed by atoms with Crippen LogP contribution in [0.15, 0.2) is 59.4 Å². The molecule has 150 valence electrons. The molecule has 0 bridgehead atoms. The third-order valence-corrected chi connectivity index (χ3v) is 5.56. The van der Waals surface area contributed by atoms with Crippen molar-refractivity contribution >= 4 is 39.1 Å². The predicted molar refractivity (Wildman–Crippen MR) is 117 cm³/mol. The van der Waals surface area contributed by atoms with E-state index in [4.69, 9.17) is 0 Å². The van der Waals surface area contributed by atoms with Crippen molar-refractivity contribution in [2.75, 3.05) is 5.32 Å². The molecule has 4 rings (SSSR count). The smallest absolute Gasteiger partial charge is 0.258 e. The monoisotopic (exact) mass is 418 g/mol. The lowest BCUT2D eigenvalue weighted by Gasteiger charge is -2.03. The number of hydrogen-bond donors (Lipinski definition) is 2. The Kier molecular flexibility index (Phi) is 5.49. The van der Waals surface area contributed by atoms with Crippen molar-refractivity contribution in [1.29, 1.82) is 0 Å². The van der Waals surface area contributed by atoms with Crippen molar-refractivity contribution in [3.63, 3.8) is 0 Å². The highest BCUT2D eigenvalue weighted by atomic mass is 32.1. The zero-order valence-electron chi connectivity index (χ0n) is 16.1. The van der Waals surface area contributed by atoms with Crippen molar-refractivity contribution in [3.05, 3.63) is 75.7 Å². The maximum absolute atomic E-state index is 12.4. The number of rotatable bonds is 6. The maximum atomic E-state index is 12.4. The molecule has 0 fully saturated rings. The first-order valence-corrected chi connectivity index (χ1v) is 10.2. The first-order valence-electron chi connectivity index (χ1n) is 9.36. The van der Waals surface area contributed by atoms with Crippen LogP contribution < -0.4 is 10.9 Å². The molecule has 0 aliphatic carbocycles. The highest BCUT2D eigenvalue weighted by molar-refractivity contribution is 7.18. The summed E-state index contributed by atoms with van der Waals surface area (Å²) in [4.78, 5) is 48.6. The minimum absolute atomic E-state index is 0.107. The Bertz CT molecular complexity index is 1290. The number of Topliss-reactive ketones (excluding diaryl/α,β-unsaturated/α-hetero) is 1. The van der Waals surface area contributed by atoms with E-state index in [1.54, 1.807) is 18.2 Å². The van der Waals surface area contributed by atoms with E-state index in [1.807, 2.05) is 36.4 Å². The lowest BCUT2D eigenvalue weighted by molar-refractivity contribution is -0.116. The molecule has 7 nitrogen and oxygen atoms in total. The first-order chi connectivity index (χ1) is 14.5. The molecule has 0 aliphatic heterocycles. The average Bonchev–Trinajstić information content (AvgIpc) is 3.17. The molecule has 1 amide bonds. The second kappa shape index (κ2) is 8.38. The molecule has 8 heteroatoms. The Morgan fingerprint density at radius 2 is 1.77 bits per heavy atom. The van der Waals surface area contributed by atoms with Crippen molar-refractivity contribution in [2.45, 2.75) is 19.8 Å². The number of nitrogens with one attached hydrogen (secondary N) is 2. The van der Waals surface area contributed by atoms with Crippen molar-refractivity contribution in [2.24, 2.45) is 0 Å². The van der Waals surface area contributed by atoms with Gasteiger partial charge in [-0.2, -0.15) is 0 Å². The molecule has 0 saturated carbocycles. The van der Waals surface area contributed by atoms with Gasteiger partial charge >= 0.3 is 0 Å². The molecule has 4 aromatic rings. The Morgan fingerprint density at radius 3 is 2.53 bits per heavy atom. The molecular weight excluding hydrogens is 400 g/mol. The quantitative estimate of drug-likeness (QED) is 0.463. The van der Waals surface area contributed by atoms with E-state index in [1.165, 1.54) is 6.92 Å². The Hall–Kier alpha value is -3.65. The van der Waals surface area contributed by atoms with Crippen LogP contribution in [0.3, 0.4) is 0 Å². The third kappa shape index (κ3) is 4.18. The molecule has 2 N–H and O–H groups in total. The molecule has 30 heavy (non-hydrogen) atoms. The molecule has 2 aromatic heterocycles. The van der Waals surface area contributed by atoms with Gasteiger partial charge in [0.1, 0.15) is 5.82 Å². The minimum Gasteiger partial charge on any atom is -0.310 e. The largest absolute Gasteiger partial charge is 0.310 e. The van der Waals surface area contributed by atoms with E-state index in [2.05, 4.69) is 20.3 Å². The molecule has 0 aliphatic rings. The Labute approximate surface area is 175 Å². The molecular formula is C22H18N4O3S. The van der Waals surface area contributed by atoms with E-state index < -0.39 is 0 Å². The van der Waals surface area contributed by atoms with Gasteiger partial charge in [-0.25, -0.2) is 9.97 Å². The highest BCUT2D eigenvalue weighted by Gasteiger charge is 2.18. The lowest BCUT2D eigenvalue weighted by Crippen LogP contribution is -2.16. The van der Waals surface area contributed by atoms with Gasteiger partial charge in [-0.15, -0.1) is 0 Å². The lowest BCUT2D eigenvalue weighted by atomic mass is 10.1. The zero-order valence-corrected chi connectivity index (χ0v) is 17.0. The first kappa shape index (κ1) is 19.7. The number of carbonyl (C=O) groups excluding carboxylic acids is 2. The van der Waals surface area contributed by atoms with Crippen molar-refractivity contribution < 1.29 is 9.59 Å². The summed E-state index contributed by atoms with van der Waals surface area (Å²) in [6.07, 6.45) is 0.402. The summed E-state index contributed by atoms with van der Waals surface area (Å²) in [7, 11) is 0. The summed E-state index contributed by atoms with van der Waals surface area (Å²) >= 11 is 1.15. The van der Waals surface area contributed by atoms with Crippen LogP contribution in [0.1, 0.15) is 28.8 Å². The van der Waals surface area contributed by atoms with Gasteiger partial charge in [0, 0.05) is 25.3 Å². The van der Waals surface area contributed by atoms with Crippen LogP contribution in [0.5, 0.6) is 0 Å². The SMILES string of the molecule is CC(=O)c1sc(NC(=O)CCc2nc3ccccc3c(=O)[nH]2)nc1-c1ccccc1. The molecule has 0 atom stereocenters. The normalized spacial score (nSPS) is 10.8. The molecule has 0 unspecified atom stereocenters. The summed E-state index contributed by atoms with van der Waals surface area (Å²) in [6.45, 7) is 1.48. The fourth-order valence-corrected chi connectivity index (χ4v) is 3.97. The number of thiazole rings is 1. The number of H-pyrrole nitrogens is 1. The average molecular weight is 418 g/mol. The second-order valence-electron chi connectivity index (χ2n) is 6.70. The van der Waals surface area contributed by atoms with E-state index in [0.717, 1.165) is 16.9 Å². The Balaban J connectivity index is 1.48. The van der Waals surface area contributed by atoms with Gasteiger partial charge in [0.2, 0.25) is 5.91 Å². The fourth-order valence-electron chi connectivity index (χ4n) is 3.07. The number of para-hydroxylation sites is 1. The van der Waals surface area contributed by atoms with Crippen LogP contribution >= 0.6 is 11.3 Å². The van der Waals surface area contributed by atoms with Gasteiger partial charge in [-0.05, 0) is 12.1 Å². The number of ketones is 1. The van der Waals surface area contributed by atoms with Crippen LogP contribution in [0.4, 0.5) is 5.13 Å². The van der Waals surface area contributed by atoms with E-state index in [9.17, 15) is 14.4 Å². The summed E-state index contributed by atoms with van der Waals surface area (Å²) < 4.78 is 0. The number of amides is 1. The third-order valence-electron chi connectivity index (χ3n) is 4.49. The van der Waals surface area contributed by atoms with E-state index in [0.29, 0.717) is 32.4 Å². The van der Waals surface area contributed by atoms with Crippen LogP contribution in [-0.2, 0) is 11.2 Å². The van der Waals surface area contributed by atoms with Gasteiger partial charge in [0.15, 0.2) is 10.9 Å². The number of hydrogen-bond acceptors (Lipinski definition) is 6. The standard InChI is InChI=1S/C22H18N4O3S/c1-13(27)20-19(14-7-3-2-4-8-14)26-22(30-20)25-18(28)12-11-17-23-16-10-6-5-9-15(16)21(29)24-17/h2-10H,11-12H2,1H3,(H,23,24,29)(H,25,26,28). The van der Waals surface area contributed by atoms with Crippen LogP contribution in [0, 0.1) is 0 Å². The van der Waals surface area contributed by atoms with Gasteiger partial charge in [-0.1, -0.05) is 53.8 Å². The van der Waals surface area contributed by atoms with Crippen LogP contribution in [0.2, 0.25) is 0 Å². The van der Waals surface area contributed by atoms with Gasteiger partial charge in [0.05, 0.1) is 21.5 Å². The number of carbonyl (C=O) groups is 2. The maximum Gasteiger partial charge on any atom is 0.258 e.